The Balaban J connectivity index is 3.61. The summed E-state index contributed by atoms with van der Waals surface area (Å²) in [5.41, 5.74) is 0. The molecular formula is C12H28N2O3S. The van der Waals surface area contributed by atoms with E-state index in [1.165, 1.54) is 0 Å². The molecule has 0 spiro atoms. The van der Waals surface area contributed by atoms with Crippen molar-refractivity contribution in [1.29, 1.82) is 0 Å². The minimum atomic E-state index is -3.12. The molecule has 5 nitrogen and oxygen atoms in total. The molecule has 0 fully saturated rings. The Morgan fingerprint density at radius 3 is 2.56 bits per heavy atom. The Morgan fingerprint density at radius 1 is 1.22 bits per heavy atom. The molecule has 0 aliphatic rings. The van der Waals surface area contributed by atoms with Crippen molar-refractivity contribution in [2.45, 2.75) is 33.1 Å². The standard InChI is InChI=1S/C12H28N2O3S/c1-4-7-13-8-5-6-9-18(15,16)14-10-12(2)11-17-3/h12-14H,4-11H2,1-3H3. The molecular weight excluding hydrogens is 252 g/mol. The lowest BCUT2D eigenvalue weighted by atomic mass is 10.2. The van der Waals surface area contributed by atoms with Gasteiger partial charge in [-0.3, -0.25) is 0 Å². The minimum absolute atomic E-state index is 0.205. The maximum absolute atomic E-state index is 11.7. The van der Waals surface area contributed by atoms with E-state index in [0.717, 1.165) is 25.9 Å². The molecule has 0 heterocycles. The van der Waals surface area contributed by atoms with E-state index in [1.807, 2.05) is 6.92 Å². The van der Waals surface area contributed by atoms with Gasteiger partial charge in [-0.1, -0.05) is 13.8 Å². The zero-order valence-electron chi connectivity index (χ0n) is 11.9. The van der Waals surface area contributed by atoms with Crippen LogP contribution >= 0.6 is 0 Å². The van der Waals surface area contributed by atoms with E-state index in [4.69, 9.17) is 4.74 Å². The van der Waals surface area contributed by atoms with Gasteiger partial charge in [-0.2, -0.15) is 0 Å². The third-order valence-electron chi connectivity index (χ3n) is 2.55. The maximum atomic E-state index is 11.7. The van der Waals surface area contributed by atoms with E-state index in [9.17, 15) is 8.42 Å². The molecule has 6 heteroatoms. The van der Waals surface area contributed by atoms with Crippen LogP contribution in [0.25, 0.3) is 0 Å². The Bertz CT molecular complexity index is 281. The van der Waals surface area contributed by atoms with E-state index in [2.05, 4.69) is 17.0 Å². The average molecular weight is 280 g/mol. The molecule has 0 saturated heterocycles. The predicted octanol–water partition coefficient (Wildman–Crippen LogP) is 0.968. The third-order valence-corrected chi connectivity index (χ3v) is 3.98. The highest BCUT2D eigenvalue weighted by Gasteiger charge is 2.11. The van der Waals surface area contributed by atoms with E-state index in [0.29, 0.717) is 19.6 Å². The van der Waals surface area contributed by atoms with Crippen LogP contribution in [0.3, 0.4) is 0 Å². The van der Waals surface area contributed by atoms with Gasteiger partial charge >= 0.3 is 0 Å². The van der Waals surface area contributed by atoms with Crippen LogP contribution in [0.2, 0.25) is 0 Å². The van der Waals surface area contributed by atoms with Gasteiger partial charge in [-0.25, -0.2) is 13.1 Å². The zero-order chi connectivity index (χ0) is 13.9. The first-order valence-corrected chi connectivity index (χ1v) is 8.34. The highest BCUT2D eigenvalue weighted by Crippen LogP contribution is 1.97. The molecule has 0 bridgehead atoms. The van der Waals surface area contributed by atoms with Gasteiger partial charge < -0.3 is 10.1 Å². The SMILES string of the molecule is CCCNCCCCS(=O)(=O)NCC(C)COC. The van der Waals surface area contributed by atoms with Crippen LogP contribution in [0.15, 0.2) is 0 Å². The molecule has 0 radical (unpaired) electrons. The summed E-state index contributed by atoms with van der Waals surface area (Å²) in [6.07, 6.45) is 2.70. The van der Waals surface area contributed by atoms with Gasteiger partial charge in [0.25, 0.3) is 0 Å². The molecule has 0 aromatic rings. The molecule has 2 N–H and O–H groups in total. The largest absolute Gasteiger partial charge is 0.384 e. The fraction of sp³-hybridized carbons (Fsp3) is 1.00. The Kier molecular flexibility index (Phi) is 10.6. The molecule has 0 aromatic carbocycles. The van der Waals surface area contributed by atoms with Crippen LogP contribution in [0, 0.1) is 5.92 Å². The highest BCUT2D eigenvalue weighted by atomic mass is 32.2. The summed E-state index contributed by atoms with van der Waals surface area (Å²) in [4.78, 5) is 0. The molecule has 0 saturated carbocycles. The number of methoxy groups -OCH3 is 1. The summed E-state index contributed by atoms with van der Waals surface area (Å²) < 4.78 is 30.9. The highest BCUT2D eigenvalue weighted by molar-refractivity contribution is 7.89. The normalized spacial score (nSPS) is 13.7. The average Bonchev–Trinajstić information content (AvgIpc) is 2.32. The smallest absolute Gasteiger partial charge is 0.211 e. The summed E-state index contributed by atoms with van der Waals surface area (Å²) in [6.45, 7) is 6.99. The van der Waals surface area contributed by atoms with Gasteiger partial charge in [0.15, 0.2) is 0 Å². The van der Waals surface area contributed by atoms with Gasteiger partial charge in [0.2, 0.25) is 10.0 Å². The van der Waals surface area contributed by atoms with Crippen molar-refractivity contribution in [3.8, 4) is 0 Å². The lowest BCUT2D eigenvalue weighted by Gasteiger charge is -2.12. The number of unbranched alkanes of at least 4 members (excludes halogenated alkanes) is 1. The van der Waals surface area contributed by atoms with E-state index in [-0.39, 0.29) is 11.7 Å². The first-order valence-electron chi connectivity index (χ1n) is 6.68. The minimum Gasteiger partial charge on any atom is -0.384 e. The molecule has 1 unspecified atom stereocenters. The van der Waals surface area contributed by atoms with Crippen molar-refractivity contribution in [3.63, 3.8) is 0 Å². The second-order valence-electron chi connectivity index (χ2n) is 4.68. The number of rotatable bonds is 12. The number of nitrogens with one attached hydrogen (secondary N) is 2. The number of hydrogen-bond donors (Lipinski definition) is 2. The molecule has 1 atom stereocenters. The van der Waals surface area contributed by atoms with Crippen molar-refractivity contribution in [2.75, 3.05) is 39.1 Å². The topological polar surface area (TPSA) is 67.4 Å². The zero-order valence-corrected chi connectivity index (χ0v) is 12.7. The fourth-order valence-corrected chi connectivity index (χ4v) is 2.80. The first kappa shape index (κ1) is 17.8. The molecule has 110 valence electrons. The maximum Gasteiger partial charge on any atom is 0.211 e. The van der Waals surface area contributed by atoms with Crippen LogP contribution < -0.4 is 10.0 Å². The number of sulfonamides is 1. The summed E-state index contributed by atoms with van der Waals surface area (Å²) in [7, 11) is -1.50. The second kappa shape index (κ2) is 10.7. The Hall–Kier alpha value is -0.170. The van der Waals surface area contributed by atoms with Crippen LogP contribution in [-0.4, -0.2) is 47.5 Å². The van der Waals surface area contributed by atoms with Gasteiger partial charge in [0.1, 0.15) is 0 Å². The number of hydrogen-bond acceptors (Lipinski definition) is 4. The van der Waals surface area contributed by atoms with Crippen LogP contribution in [0.5, 0.6) is 0 Å². The van der Waals surface area contributed by atoms with Gasteiger partial charge in [-0.15, -0.1) is 0 Å². The van der Waals surface area contributed by atoms with Crippen LogP contribution in [0.1, 0.15) is 33.1 Å². The lowest BCUT2D eigenvalue weighted by Crippen LogP contribution is -2.32. The van der Waals surface area contributed by atoms with Crippen LogP contribution in [-0.2, 0) is 14.8 Å². The fourth-order valence-electron chi connectivity index (χ4n) is 1.53. The van der Waals surface area contributed by atoms with Crippen molar-refractivity contribution in [3.05, 3.63) is 0 Å². The second-order valence-corrected chi connectivity index (χ2v) is 6.61. The summed E-state index contributed by atoms with van der Waals surface area (Å²) >= 11 is 0. The summed E-state index contributed by atoms with van der Waals surface area (Å²) in [6, 6.07) is 0. The van der Waals surface area contributed by atoms with Crippen molar-refractivity contribution in [2.24, 2.45) is 5.92 Å². The molecule has 0 aromatic heterocycles. The van der Waals surface area contributed by atoms with Gasteiger partial charge in [-0.05, 0) is 38.3 Å². The lowest BCUT2D eigenvalue weighted by molar-refractivity contribution is 0.161. The van der Waals surface area contributed by atoms with E-state index >= 15 is 0 Å². The Morgan fingerprint density at radius 2 is 1.94 bits per heavy atom. The first-order chi connectivity index (χ1) is 8.52. The summed E-state index contributed by atoms with van der Waals surface area (Å²) in [5, 5.41) is 3.26. The van der Waals surface area contributed by atoms with Crippen molar-refractivity contribution < 1.29 is 13.2 Å². The summed E-state index contributed by atoms with van der Waals surface area (Å²) in [5.74, 6) is 0.413. The third kappa shape index (κ3) is 11.0. The number of ether oxygens (including phenoxy) is 1. The molecule has 0 rings (SSSR count). The monoisotopic (exact) mass is 280 g/mol. The molecule has 0 aliphatic carbocycles. The van der Waals surface area contributed by atoms with Gasteiger partial charge in [0, 0.05) is 20.3 Å². The molecule has 0 aliphatic heterocycles. The molecule has 18 heavy (non-hydrogen) atoms. The predicted molar refractivity (Wildman–Crippen MR) is 75.2 cm³/mol. The van der Waals surface area contributed by atoms with Crippen LogP contribution in [0.4, 0.5) is 0 Å². The molecule has 0 amide bonds. The van der Waals surface area contributed by atoms with Gasteiger partial charge in [0.05, 0.1) is 5.75 Å². The van der Waals surface area contributed by atoms with Crippen molar-refractivity contribution >= 4 is 10.0 Å². The Labute approximate surface area is 112 Å². The van der Waals surface area contributed by atoms with Crippen molar-refractivity contribution in [1.82, 2.24) is 10.0 Å². The quantitative estimate of drug-likeness (QED) is 0.523. The van der Waals surface area contributed by atoms with E-state index < -0.39 is 10.0 Å². The van der Waals surface area contributed by atoms with E-state index in [1.54, 1.807) is 7.11 Å².